The van der Waals surface area contributed by atoms with Gasteiger partial charge in [0, 0.05) is 32.8 Å². The monoisotopic (exact) mass is 250 g/mol. The van der Waals surface area contributed by atoms with Gasteiger partial charge in [-0.15, -0.1) is 0 Å². The maximum absolute atomic E-state index is 11.5. The molecule has 0 radical (unpaired) electrons. The lowest BCUT2D eigenvalue weighted by atomic mass is 10.2. The topological polar surface area (TPSA) is 49.9 Å². The first kappa shape index (κ1) is 13.9. The summed E-state index contributed by atoms with van der Waals surface area (Å²) in [5, 5.41) is 0. The zero-order chi connectivity index (χ0) is 12.2. The normalized spacial score (nSPS) is 23.1. The van der Waals surface area contributed by atoms with Crippen LogP contribution < -0.4 is 0 Å². The van der Waals surface area contributed by atoms with Crippen LogP contribution in [-0.2, 0) is 14.8 Å². The average Bonchev–Trinajstić information content (AvgIpc) is 2.62. The maximum atomic E-state index is 11.5. The fraction of sp³-hybridized carbons (Fsp3) is 1.00. The molecule has 96 valence electrons. The van der Waals surface area contributed by atoms with E-state index in [1.165, 1.54) is 6.26 Å². The number of hydrogen-bond acceptors (Lipinski definition) is 4. The van der Waals surface area contributed by atoms with Gasteiger partial charge in [-0.25, -0.2) is 8.42 Å². The van der Waals surface area contributed by atoms with Crippen molar-refractivity contribution in [1.82, 2.24) is 9.21 Å². The molecule has 1 aliphatic rings. The molecule has 0 unspecified atom stereocenters. The van der Waals surface area contributed by atoms with Crippen LogP contribution in [0, 0.1) is 0 Å². The van der Waals surface area contributed by atoms with E-state index in [0.717, 1.165) is 25.9 Å². The number of ether oxygens (including phenoxy) is 1. The van der Waals surface area contributed by atoms with Gasteiger partial charge in [-0.1, -0.05) is 0 Å². The van der Waals surface area contributed by atoms with Crippen LogP contribution in [0.2, 0.25) is 0 Å². The summed E-state index contributed by atoms with van der Waals surface area (Å²) in [7, 11) is 0.628. The molecule has 5 nitrogen and oxygen atoms in total. The molecule has 0 spiro atoms. The Morgan fingerprint density at radius 2 is 2.19 bits per heavy atom. The van der Waals surface area contributed by atoms with Gasteiger partial charge in [0.1, 0.15) is 0 Å². The quantitative estimate of drug-likeness (QED) is 0.665. The molecule has 6 heteroatoms. The van der Waals surface area contributed by atoms with E-state index in [1.807, 2.05) is 7.05 Å². The van der Waals surface area contributed by atoms with Crippen LogP contribution in [0.25, 0.3) is 0 Å². The SMILES string of the molecule is COCCN(C)C[C@@H]1CCCN1S(C)(=O)=O. The molecule has 1 saturated heterocycles. The molecule has 0 aliphatic carbocycles. The Bertz CT molecular complexity index is 305. The lowest BCUT2D eigenvalue weighted by Crippen LogP contribution is -2.42. The van der Waals surface area contributed by atoms with E-state index in [4.69, 9.17) is 4.74 Å². The summed E-state index contributed by atoms with van der Waals surface area (Å²) >= 11 is 0. The van der Waals surface area contributed by atoms with Gasteiger partial charge < -0.3 is 9.64 Å². The number of nitrogens with zero attached hydrogens (tertiary/aromatic N) is 2. The van der Waals surface area contributed by atoms with Gasteiger partial charge in [0.15, 0.2) is 0 Å². The van der Waals surface area contributed by atoms with Gasteiger partial charge in [0.2, 0.25) is 10.0 Å². The first-order valence-electron chi connectivity index (χ1n) is 5.59. The van der Waals surface area contributed by atoms with E-state index in [9.17, 15) is 8.42 Å². The lowest BCUT2D eigenvalue weighted by Gasteiger charge is -2.26. The van der Waals surface area contributed by atoms with Crippen LogP contribution in [0.5, 0.6) is 0 Å². The Hall–Kier alpha value is -0.170. The van der Waals surface area contributed by atoms with Gasteiger partial charge in [0.05, 0.1) is 12.9 Å². The molecule has 0 bridgehead atoms. The standard InChI is InChI=1S/C10H22N2O3S/c1-11(7-8-15-2)9-10-5-4-6-12(10)16(3,13)14/h10H,4-9H2,1-3H3/t10-/m0/s1. The molecule has 0 aromatic rings. The highest BCUT2D eigenvalue weighted by atomic mass is 32.2. The Balaban J connectivity index is 2.47. The van der Waals surface area contributed by atoms with Crippen LogP contribution in [0.4, 0.5) is 0 Å². The third-order valence-corrected chi connectivity index (χ3v) is 4.28. The largest absolute Gasteiger partial charge is 0.383 e. The van der Waals surface area contributed by atoms with E-state index < -0.39 is 10.0 Å². The molecule has 0 saturated carbocycles. The molecule has 1 heterocycles. The van der Waals surface area contributed by atoms with Crippen LogP contribution in [0.1, 0.15) is 12.8 Å². The first-order chi connectivity index (χ1) is 7.45. The second kappa shape index (κ2) is 5.95. The van der Waals surface area contributed by atoms with Gasteiger partial charge in [0.25, 0.3) is 0 Å². The average molecular weight is 250 g/mol. The Morgan fingerprint density at radius 3 is 2.75 bits per heavy atom. The van der Waals surface area contributed by atoms with Crippen molar-refractivity contribution in [3.63, 3.8) is 0 Å². The van der Waals surface area contributed by atoms with Crippen molar-refractivity contribution in [2.75, 3.05) is 46.7 Å². The molecule has 0 aromatic carbocycles. The van der Waals surface area contributed by atoms with Crippen molar-refractivity contribution in [1.29, 1.82) is 0 Å². The van der Waals surface area contributed by atoms with Crippen molar-refractivity contribution in [3.8, 4) is 0 Å². The molecule has 0 aromatic heterocycles. The highest BCUT2D eigenvalue weighted by molar-refractivity contribution is 7.88. The summed E-state index contributed by atoms with van der Waals surface area (Å²) in [5.41, 5.74) is 0. The molecule has 1 rings (SSSR count). The molecular formula is C10H22N2O3S. The second-order valence-electron chi connectivity index (χ2n) is 4.42. The molecule has 0 amide bonds. The minimum absolute atomic E-state index is 0.136. The van der Waals surface area contributed by atoms with E-state index in [2.05, 4.69) is 4.90 Å². The number of rotatable bonds is 6. The molecular weight excluding hydrogens is 228 g/mol. The summed E-state index contributed by atoms with van der Waals surface area (Å²) in [6.45, 7) is 2.98. The molecule has 1 aliphatic heterocycles. The van der Waals surface area contributed by atoms with E-state index in [1.54, 1.807) is 11.4 Å². The van der Waals surface area contributed by atoms with E-state index in [-0.39, 0.29) is 6.04 Å². The van der Waals surface area contributed by atoms with Gasteiger partial charge in [-0.05, 0) is 19.9 Å². The van der Waals surface area contributed by atoms with Gasteiger partial charge in [-0.2, -0.15) is 4.31 Å². The highest BCUT2D eigenvalue weighted by Gasteiger charge is 2.31. The predicted molar refractivity (Wildman–Crippen MR) is 63.9 cm³/mol. The lowest BCUT2D eigenvalue weighted by molar-refractivity contribution is 0.151. The number of likely N-dealkylation sites (N-methyl/N-ethyl adjacent to an activating group) is 1. The van der Waals surface area contributed by atoms with Gasteiger partial charge in [-0.3, -0.25) is 0 Å². The molecule has 1 atom stereocenters. The number of methoxy groups -OCH3 is 1. The second-order valence-corrected chi connectivity index (χ2v) is 6.36. The van der Waals surface area contributed by atoms with Crippen molar-refractivity contribution in [2.24, 2.45) is 0 Å². The van der Waals surface area contributed by atoms with Crippen LogP contribution >= 0.6 is 0 Å². The molecule has 1 fully saturated rings. The summed E-state index contributed by atoms with van der Waals surface area (Å²) < 4.78 is 29.7. The third-order valence-electron chi connectivity index (χ3n) is 2.95. The van der Waals surface area contributed by atoms with Crippen molar-refractivity contribution < 1.29 is 13.2 Å². The Morgan fingerprint density at radius 1 is 1.50 bits per heavy atom. The fourth-order valence-corrected chi connectivity index (χ4v) is 3.30. The highest BCUT2D eigenvalue weighted by Crippen LogP contribution is 2.20. The zero-order valence-corrected chi connectivity index (χ0v) is 11.2. The zero-order valence-electron chi connectivity index (χ0n) is 10.3. The number of sulfonamides is 1. The summed E-state index contributed by atoms with van der Waals surface area (Å²) in [6.07, 6.45) is 3.22. The smallest absolute Gasteiger partial charge is 0.211 e. The Labute approximate surface area is 98.4 Å². The van der Waals surface area contributed by atoms with Crippen LogP contribution in [0.3, 0.4) is 0 Å². The van der Waals surface area contributed by atoms with Crippen LogP contribution in [0.15, 0.2) is 0 Å². The van der Waals surface area contributed by atoms with Crippen molar-refractivity contribution in [3.05, 3.63) is 0 Å². The summed E-state index contributed by atoms with van der Waals surface area (Å²) in [6, 6.07) is 0.136. The van der Waals surface area contributed by atoms with Gasteiger partial charge >= 0.3 is 0 Å². The maximum Gasteiger partial charge on any atom is 0.211 e. The molecule has 0 N–H and O–H groups in total. The van der Waals surface area contributed by atoms with E-state index >= 15 is 0 Å². The van der Waals surface area contributed by atoms with Crippen LogP contribution in [-0.4, -0.2) is 70.3 Å². The third kappa shape index (κ3) is 4.01. The fourth-order valence-electron chi connectivity index (χ4n) is 2.13. The first-order valence-corrected chi connectivity index (χ1v) is 7.44. The summed E-state index contributed by atoms with van der Waals surface area (Å²) in [4.78, 5) is 2.12. The van der Waals surface area contributed by atoms with Crippen molar-refractivity contribution in [2.45, 2.75) is 18.9 Å². The van der Waals surface area contributed by atoms with Crippen molar-refractivity contribution >= 4 is 10.0 Å². The number of hydrogen-bond donors (Lipinski definition) is 0. The minimum atomic E-state index is -3.04. The Kier molecular flexibility index (Phi) is 5.17. The predicted octanol–water partition coefficient (Wildman–Crippen LogP) is -0.0114. The summed E-state index contributed by atoms with van der Waals surface area (Å²) in [5.74, 6) is 0. The van der Waals surface area contributed by atoms with E-state index in [0.29, 0.717) is 13.2 Å². The minimum Gasteiger partial charge on any atom is -0.383 e. The molecule has 16 heavy (non-hydrogen) atoms.